The first kappa shape index (κ1) is 13.3. The molecule has 0 saturated carbocycles. The van der Waals surface area contributed by atoms with Crippen molar-refractivity contribution in [2.45, 2.75) is 45.8 Å². The van der Waals surface area contributed by atoms with Gasteiger partial charge in [-0.05, 0) is 33.1 Å². The van der Waals surface area contributed by atoms with E-state index in [2.05, 4.69) is 17.8 Å². The third-order valence-electron chi connectivity index (χ3n) is 2.40. The van der Waals surface area contributed by atoms with E-state index in [9.17, 15) is 4.79 Å². The van der Waals surface area contributed by atoms with E-state index < -0.39 is 11.7 Å². The molecule has 1 amide bonds. The van der Waals surface area contributed by atoms with E-state index in [1.165, 1.54) is 0 Å². The minimum atomic E-state index is -0.465. The van der Waals surface area contributed by atoms with E-state index in [4.69, 9.17) is 9.47 Å². The molecule has 1 aliphatic heterocycles. The van der Waals surface area contributed by atoms with E-state index in [-0.39, 0.29) is 6.04 Å². The van der Waals surface area contributed by atoms with Gasteiger partial charge in [0.1, 0.15) is 5.60 Å². The molecule has 2 atom stereocenters. The zero-order valence-corrected chi connectivity index (χ0v) is 10.5. The Morgan fingerprint density at radius 1 is 1.44 bits per heavy atom. The lowest BCUT2D eigenvalue weighted by molar-refractivity contribution is 0.0254. The van der Waals surface area contributed by atoms with Crippen LogP contribution in [0, 0.1) is 5.92 Å². The van der Waals surface area contributed by atoms with Crippen LogP contribution < -0.4 is 10.9 Å². The van der Waals surface area contributed by atoms with Crippen LogP contribution >= 0.6 is 0 Å². The second-order valence-electron chi connectivity index (χ2n) is 5.22. The first-order chi connectivity index (χ1) is 7.38. The molecule has 1 heterocycles. The van der Waals surface area contributed by atoms with Gasteiger partial charge < -0.3 is 9.47 Å². The van der Waals surface area contributed by atoms with Crippen LogP contribution in [0.15, 0.2) is 0 Å². The zero-order chi connectivity index (χ0) is 12.2. The van der Waals surface area contributed by atoms with Crippen LogP contribution in [0.2, 0.25) is 0 Å². The van der Waals surface area contributed by atoms with E-state index in [1.54, 1.807) is 0 Å². The Bertz CT molecular complexity index is 238. The highest BCUT2D eigenvalue weighted by molar-refractivity contribution is 5.67. The van der Waals surface area contributed by atoms with E-state index in [1.807, 2.05) is 20.8 Å². The van der Waals surface area contributed by atoms with Gasteiger partial charge in [-0.25, -0.2) is 10.2 Å². The predicted molar refractivity (Wildman–Crippen MR) is 60.9 cm³/mol. The summed E-state index contributed by atoms with van der Waals surface area (Å²) in [6.45, 7) is 9.07. The van der Waals surface area contributed by atoms with Gasteiger partial charge in [-0.3, -0.25) is 5.43 Å². The summed E-state index contributed by atoms with van der Waals surface area (Å²) in [5.74, 6) is 0.392. The van der Waals surface area contributed by atoms with Gasteiger partial charge in [0, 0.05) is 12.6 Å². The third kappa shape index (κ3) is 4.81. The Labute approximate surface area is 96.8 Å². The molecule has 1 aliphatic rings. The number of nitrogens with one attached hydrogen (secondary N) is 2. The normalized spacial score (nSPS) is 26.2. The minimum Gasteiger partial charge on any atom is -0.443 e. The highest BCUT2D eigenvalue weighted by atomic mass is 16.6. The molecule has 0 spiro atoms. The Morgan fingerprint density at radius 2 is 2.12 bits per heavy atom. The standard InChI is InChI=1S/C11H22N2O3/c1-8-7-15-6-5-9(8)12-13-10(14)16-11(2,3)4/h8-9,12H,5-7H2,1-4H3,(H,13,14)/t8-,9?/m0/s1. The lowest BCUT2D eigenvalue weighted by atomic mass is 9.99. The van der Waals surface area contributed by atoms with Crippen LogP contribution in [-0.2, 0) is 9.47 Å². The summed E-state index contributed by atoms with van der Waals surface area (Å²) in [4.78, 5) is 11.4. The first-order valence-corrected chi connectivity index (χ1v) is 5.71. The largest absolute Gasteiger partial charge is 0.443 e. The van der Waals surface area contributed by atoms with Crippen LogP contribution in [0.5, 0.6) is 0 Å². The molecule has 0 aromatic carbocycles. The predicted octanol–water partition coefficient (Wildman–Crippen LogP) is 1.44. The quantitative estimate of drug-likeness (QED) is 0.705. The van der Waals surface area contributed by atoms with Crippen molar-refractivity contribution < 1.29 is 14.3 Å². The van der Waals surface area contributed by atoms with Crippen molar-refractivity contribution in [3.8, 4) is 0 Å². The van der Waals surface area contributed by atoms with Gasteiger partial charge in [0.25, 0.3) is 0 Å². The molecule has 5 nitrogen and oxygen atoms in total. The number of hydrazine groups is 1. The SMILES string of the molecule is C[C@H]1COCCC1NNC(=O)OC(C)(C)C. The van der Waals surface area contributed by atoms with Crippen molar-refractivity contribution >= 4 is 6.09 Å². The fourth-order valence-corrected chi connectivity index (χ4v) is 1.55. The summed E-state index contributed by atoms with van der Waals surface area (Å²) >= 11 is 0. The number of amides is 1. The molecular weight excluding hydrogens is 208 g/mol. The summed E-state index contributed by atoms with van der Waals surface area (Å²) in [5.41, 5.74) is 5.10. The molecule has 0 radical (unpaired) electrons. The molecule has 1 unspecified atom stereocenters. The molecule has 0 bridgehead atoms. The molecule has 1 saturated heterocycles. The van der Waals surface area contributed by atoms with Crippen LogP contribution in [-0.4, -0.2) is 30.9 Å². The lowest BCUT2D eigenvalue weighted by Crippen LogP contribution is -2.51. The number of carbonyl (C=O) groups excluding carboxylic acids is 1. The molecule has 5 heteroatoms. The summed E-state index contributed by atoms with van der Waals surface area (Å²) in [5, 5.41) is 0. The summed E-state index contributed by atoms with van der Waals surface area (Å²) < 4.78 is 10.4. The number of rotatable bonds is 2. The fourth-order valence-electron chi connectivity index (χ4n) is 1.55. The summed E-state index contributed by atoms with van der Waals surface area (Å²) in [7, 11) is 0. The van der Waals surface area contributed by atoms with Crippen LogP contribution in [0.1, 0.15) is 34.1 Å². The van der Waals surface area contributed by atoms with E-state index >= 15 is 0 Å². The highest BCUT2D eigenvalue weighted by Gasteiger charge is 2.23. The van der Waals surface area contributed by atoms with Gasteiger partial charge in [-0.15, -0.1) is 0 Å². The molecule has 2 N–H and O–H groups in total. The van der Waals surface area contributed by atoms with Crippen LogP contribution in [0.4, 0.5) is 4.79 Å². The highest BCUT2D eigenvalue weighted by Crippen LogP contribution is 2.13. The molecule has 0 aliphatic carbocycles. The Balaban J connectivity index is 2.25. The number of ether oxygens (including phenoxy) is 2. The minimum absolute atomic E-state index is 0.251. The Morgan fingerprint density at radius 3 is 2.69 bits per heavy atom. The van der Waals surface area contributed by atoms with Gasteiger partial charge in [-0.1, -0.05) is 6.92 Å². The van der Waals surface area contributed by atoms with Crippen LogP contribution in [0.25, 0.3) is 0 Å². The Hall–Kier alpha value is -0.810. The average Bonchev–Trinajstić information content (AvgIpc) is 2.14. The fraction of sp³-hybridized carbons (Fsp3) is 0.909. The van der Waals surface area contributed by atoms with E-state index in [0.717, 1.165) is 19.6 Å². The van der Waals surface area contributed by atoms with Gasteiger partial charge in [0.15, 0.2) is 0 Å². The maximum Gasteiger partial charge on any atom is 0.422 e. The van der Waals surface area contributed by atoms with Gasteiger partial charge in [-0.2, -0.15) is 0 Å². The molecular formula is C11H22N2O3. The van der Waals surface area contributed by atoms with Crippen molar-refractivity contribution in [2.75, 3.05) is 13.2 Å². The summed E-state index contributed by atoms with van der Waals surface area (Å²) in [6, 6.07) is 0.251. The third-order valence-corrected chi connectivity index (χ3v) is 2.40. The topological polar surface area (TPSA) is 59.6 Å². The molecule has 16 heavy (non-hydrogen) atoms. The van der Waals surface area contributed by atoms with Crippen LogP contribution in [0.3, 0.4) is 0 Å². The van der Waals surface area contributed by atoms with Crippen molar-refractivity contribution in [1.29, 1.82) is 0 Å². The Kier molecular flexibility index (Phi) is 4.56. The molecule has 1 rings (SSSR count). The van der Waals surface area contributed by atoms with Crippen molar-refractivity contribution in [1.82, 2.24) is 10.9 Å². The van der Waals surface area contributed by atoms with Gasteiger partial charge in [0.2, 0.25) is 0 Å². The van der Waals surface area contributed by atoms with E-state index in [0.29, 0.717) is 5.92 Å². The van der Waals surface area contributed by atoms with Crippen molar-refractivity contribution in [3.05, 3.63) is 0 Å². The smallest absolute Gasteiger partial charge is 0.422 e. The first-order valence-electron chi connectivity index (χ1n) is 5.71. The number of carbonyl (C=O) groups is 1. The molecule has 0 aromatic rings. The molecule has 1 fully saturated rings. The second-order valence-corrected chi connectivity index (χ2v) is 5.22. The maximum atomic E-state index is 11.4. The van der Waals surface area contributed by atoms with Crippen molar-refractivity contribution in [2.24, 2.45) is 5.92 Å². The average molecular weight is 230 g/mol. The molecule has 0 aromatic heterocycles. The molecule has 94 valence electrons. The van der Waals surface area contributed by atoms with Crippen molar-refractivity contribution in [3.63, 3.8) is 0 Å². The zero-order valence-electron chi connectivity index (χ0n) is 10.5. The number of hydrogen-bond donors (Lipinski definition) is 2. The van der Waals surface area contributed by atoms with Gasteiger partial charge in [0.05, 0.1) is 6.61 Å². The maximum absolute atomic E-state index is 11.4. The monoisotopic (exact) mass is 230 g/mol. The number of hydrogen-bond acceptors (Lipinski definition) is 4. The lowest BCUT2D eigenvalue weighted by Gasteiger charge is -2.30. The second kappa shape index (κ2) is 5.50. The summed E-state index contributed by atoms with van der Waals surface area (Å²) in [6.07, 6.45) is 0.461. The van der Waals surface area contributed by atoms with Gasteiger partial charge >= 0.3 is 6.09 Å².